The van der Waals surface area contributed by atoms with E-state index in [1.807, 2.05) is 0 Å². The zero-order chi connectivity index (χ0) is 24.8. The number of ketones is 1. The lowest BCUT2D eigenvalue weighted by molar-refractivity contribution is -0.195. The molecule has 0 aromatic heterocycles. The molecule has 4 fully saturated rings. The molecule has 0 saturated heterocycles. The molecule has 34 heavy (non-hydrogen) atoms. The van der Waals surface area contributed by atoms with E-state index >= 15 is 0 Å². The van der Waals surface area contributed by atoms with Gasteiger partial charge in [-0.2, -0.15) is 0 Å². The first kappa shape index (κ1) is 25.2. The second-order valence-corrected chi connectivity index (χ2v) is 12.0. The van der Waals surface area contributed by atoms with Gasteiger partial charge in [0, 0.05) is 25.2 Å². The van der Waals surface area contributed by atoms with Crippen LogP contribution in [0, 0.1) is 46.3 Å². The minimum Gasteiger partial charge on any atom is -0.473 e. The van der Waals surface area contributed by atoms with Gasteiger partial charge in [0.25, 0.3) is 0 Å². The van der Waals surface area contributed by atoms with E-state index in [-0.39, 0.29) is 34.4 Å². The topological polar surface area (TPSA) is 107 Å². The van der Waals surface area contributed by atoms with Gasteiger partial charge in [-0.1, -0.05) is 20.8 Å². The highest BCUT2D eigenvalue weighted by Crippen LogP contribution is 2.68. The summed E-state index contributed by atoms with van der Waals surface area (Å²) in [6, 6.07) is 0. The van der Waals surface area contributed by atoms with Crippen molar-refractivity contribution in [2.45, 2.75) is 91.1 Å². The van der Waals surface area contributed by atoms with Gasteiger partial charge in [0.05, 0.1) is 7.11 Å². The number of Topliss-reactive ketones (excluding diaryl/α,β-unsaturated/α-hetero) is 1. The predicted octanol–water partition coefficient (Wildman–Crippen LogP) is 4.41. The summed E-state index contributed by atoms with van der Waals surface area (Å²) in [5.41, 5.74) is 0.0961. The largest absolute Gasteiger partial charge is 0.473 e. The summed E-state index contributed by atoms with van der Waals surface area (Å²) in [5.74, 6) is -0.850. The summed E-state index contributed by atoms with van der Waals surface area (Å²) >= 11 is 0. The van der Waals surface area contributed by atoms with Gasteiger partial charge in [0.2, 0.25) is 0 Å². The molecule has 0 bridgehead atoms. The molecule has 1 unspecified atom stereocenters. The van der Waals surface area contributed by atoms with Crippen LogP contribution >= 0.6 is 0 Å². The first-order chi connectivity index (χ1) is 16.0. The van der Waals surface area contributed by atoms with E-state index in [0.717, 1.165) is 38.5 Å². The van der Waals surface area contributed by atoms with E-state index in [4.69, 9.17) is 9.47 Å². The number of hydrogen-bond donors (Lipinski definition) is 1. The second kappa shape index (κ2) is 9.27. The fraction of sp³-hybridized carbons (Fsp3) is 0.852. The third-order valence-electron chi connectivity index (χ3n) is 10.7. The van der Waals surface area contributed by atoms with E-state index in [1.165, 1.54) is 7.11 Å². The van der Waals surface area contributed by atoms with E-state index in [9.17, 15) is 24.3 Å². The van der Waals surface area contributed by atoms with Crippen LogP contribution in [0.4, 0.5) is 0 Å². The van der Waals surface area contributed by atoms with Gasteiger partial charge in [-0.3, -0.25) is 9.59 Å². The zero-order valence-corrected chi connectivity index (χ0v) is 21.0. The Kier molecular flexibility index (Phi) is 6.87. The third kappa shape index (κ3) is 4.17. The lowest BCUT2D eigenvalue weighted by Gasteiger charge is -2.62. The highest BCUT2D eigenvalue weighted by atomic mass is 16.6. The summed E-state index contributed by atoms with van der Waals surface area (Å²) in [5, 5.41) is 9.24. The molecule has 0 spiro atoms. The van der Waals surface area contributed by atoms with Crippen molar-refractivity contribution in [1.29, 1.82) is 0 Å². The number of carboxylic acid groups (broad SMARTS) is 1. The van der Waals surface area contributed by atoms with Crippen LogP contribution in [0.15, 0.2) is 0 Å². The Balaban J connectivity index is 1.62. The van der Waals surface area contributed by atoms with Gasteiger partial charge in [0.1, 0.15) is 11.9 Å². The van der Waals surface area contributed by atoms with Crippen molar-refractivity contribution in [1.82, 2.24) is 0 Å². The molecule has 0 heterocycles. The molecule has 4 saturated carbocycles. The lowest BCUT2D eigenvalue weighted by atomic mass is 9.43. The van der Waals surface area contributed by atoms with Crippen molar-refractivity contribution in [3.05, 3.63) is 0 Å². The van der Waals surface area contributed by atoms with Crippen LogP contribution in [-0.2, 0) is 28.7 Å². The van der Waals surface area contributed by atoms with Crippen LogP contribution in [0.1, 0.15) is 85.0 Å². The second-order valence-electron chi connectivity index (χ2n) is 12.0. The van der Waals surface area contributed by atoms with Crippen molar-refractivity contribution >= 4 is 23.7 Å². The standard InChI is InChI=1S/C27H40O7/c1-15(5-8-22(29)33-4)18-6-7-19-23-20(10-12-27(18,19)3)26(2)11-9-17(28)13-16(26)14-21(23)34-25(32)24(30)31/h15-16,18-21,23H,5-14H2,1-4H3,(H,30,31)/t15-,16?,18-,19+,20+,21-,23+,26+,27-/m1/s1. The fourth-order valence-corrected chi connectivity index (χ4v) is 8.92. The van der Waals surface area contributed by atoms with Crippen LogP contribution < -0.4 is 0 Å². The molecule has 4 aliphatic rings. The quantitative estimate of drug-likeness (QED) is 0.463. The molecule has 7 heteroatoms. The Bertz CT molecular complexity index is 852. The van der Waals surface area contributed by atoms with E-state index < -0.39 is 18.0 Å². The molecule has 0 aliphatic heterocycles. The molecule has 0 radical (unpaired) electrons. The molecule has 4 aliphatic carbocycles. The van der Waals surface area contributed by atoms with Crippen molar-refractivity contribution in [3.63, 3.8) is 0 Å². The molecule has 0 aromatic rings. The first-order valence-electron chi connectivity index (χ1n) is 13.0. The van der Waals surface area contributed by atoms with Gasteiger partial charge in [-0.25, -0.2) is 9.59 Å². The van der Waals surface area contributed by atoms with E-state index in [2.05, 4.69) is 20.8 Å². The number of methoxy groups -OCH3 is 1. The molecule has 190 valence electrons. The highest BCUT2D eigenvalue weighted by molar-refractivity contribution is 6.28. The summed E-state index contributed by atoms with van der Waals surface area (Å²) in [4.78, 5) is 47.6. The minimum absolute atomic E-state index is 0.0284. The number of carbonyl (C=O) groups is 4. The SMILES string of the molecule is COC(=O)CC[C@@H](C)[C@H]1CC[C@H]2[C@@H]3[C@H](OC(=O)C(=O)O)CC4CC(=O)CC[C@]4(C)[C@H]3CC[C@]12C. The number of carbonyl (C=O) groups excluding carboxylic acids is 3. The Morgan fingerprint density at radius 1 is 1.09 bits per heavy atom. The van der Waals surface area contributed by atoms with E-state index in [0.29, 0.717) is 49.4 Å². The number of carboxylic acids is 1. The summed E-state index contributed by atoms with van der Waals surface area (Å²) in [6.45, 7) is 6.93. The average molecular weight is 477 g/mol. The predicted molar refractivity (Wildman–Crippen MR) is 124 cm³/mol. The van der Waals surface area contributed by atoms with Crippen molar-refractivity contribution in [2.75, 3.05) is 7.11 Å². The van der Waals surface area contributed by atoms with Gasteiger partial charge >= 0.3 is 17.9 Å². The molecule has 7 nitrogen and oxygen atoms in total. The Labute approximate surface area is 202 Å². The average Bonchev–Trinajstić information content (AvgIpc) is 3.15. The third-order valence-corrected chi connectivity index (χ3v) is 10.7. The smallest absolute Gasteiger partial charge is 0.417 e. The van der Waals surface area contributed by atoms with Crippen LogP contribution in [0.2, 0.25) is 0 Å². The highest BCUT2D eigenvalue weighted by Gasteiger charge is 2.64. The Morgan fingerprint density at radius 3 is 2.47 bits per heavy atom. The van der Waals surface area contributed by atoms with Gasteiger partial charge in [-0.05, 0) is 85.4 Å². The van der Waals surface area contributed by atoms with Gasteiger partial charge in [0.15, 0.2) is 0 Å². The fourth-order valence-electron chi connectivity index (χ4n) is 8.92. The molecule has 0 aromatic carbocycles. The van der Waals surface area contributed by atoms with Crippen LogP contribution in [0.5, 0.6) is 0 Å². The maximum atomic E-state index is 12.3. The van der Waals surface area contributed by atoms with Crippen LogP contribution in [-0.4, -0.2) is 42.0 Å². The zero-order valence-electron chi connectivity index (χ0n) is 21.0. The lowest BCUT2D eigenvalue weighted by Crippen LogP contribution is -2.59. The number of rotatable bonds is 5. The number of hydrogen-bond acceptors (Lipinski definition) is 6. The monoisotopic (exact) mass is 476 g/mol. The molecule has 1 N–H and O–H groups in total. The summed E-state index contributed by atoms with van der Waals surface area (Å²) in [7, 11) is 1.43. The Hall–Kier alpha value is -1.92. The number of ether oxygens (including phenoxy) is 2. The maximum absolute atomic E-state index is 12.3. The maximum Gasteiger partial charge on any atom is 0.417 e. The Morgan fingerprint density at radius 2 is 1.79 bits per heavy atom. The van der Waals surface area contributed by atoms with Crippen molar-refractivity contribution in [2.24, 2.45) is 46.3 Å². The van der Waals surface area contributed by atoms with Crippen LogP contribution in [0.3, 0.4) is 0 Å². The molecule has 4 rings (SSSR count). The number of fused-ring (bicyclic) bond motifs is 5. The molecule has 0 amide bonds. The van der Waals surface area contributed by atoms with Crippen molar-refractivity contribution < 1.29 is 33.8 Å². The normalized spacial score (nSPS) is 42.1. The van der Waals surface area contributed by atoms with Crippen molar-refractivity contribution in [3.8, 4) is 0 Å². The number of esters is 2. The molecular weight excluding hydrogens is 436 g/mol. The minimum atomic E-state index is -1.55. The molecular formula is C27H40O7. The van der Waals surface area contributed by atoms with Gasteiger partial charge < -0.3 is 14.6 Å². The summed E-state index contributed by atoms with van der Waals surface area (Å²) < 4.78 is 10.5. The first-order valence-corrected chi connectivity index (χ1v) is 13.0. The molecule has 9 atom stereocenters. The van der Waals surface area contributed by atoms with Crippen LogP contribution in [0.25, 0.3) is 0 Å². The summed E-state index contributed by atoms with van der Waals surface area (Å²) in [6.07, 6.45) is 7.56. The van der Waals surface area contributed by atoms with E-state index in [1.54, 1.807) is 0 Å². The number of aliphatic carboxylic acids is 1. The van der Waals surface area contributed by atoms with Gasteiger partial charge in [-0.15, -0.1) is 0 Å².